The Labute approximate surface area is 203 Å². The third-order valence-electron chi connectivity index (χ3n) is 8.38. The van der Waals surface area contributed by atoms with Crippen LogP contribution in [0, 0.1) is 23.1 Å². The summed E-state index contributed by atoms with van der Waals surface area (Å²) in [5.41, 5.74) is 3.95. The number of hydrogen-bond acceptors (Lipinski definition) is 3. The van der Waals surface area contributed by atoms with Gasteiger partial charge in [0.15, 0.2) is 0 Å². The molecule has 2 aromatic rings. The molecule has 5 rings (SSSR count). The molecular weight excluding hydrogens is 450 g/mol. The van der Waals surface area contributed by atoms with E-state index in [-0.39, 0.29) is 41.3 Å². The molecule has 1 aromatic heterocycles. The van der Waals surface area contributed by atoms with Crippen molar-refractivity contribution in [3.8, 4) is 0 Å². The maximum Gasteiger partial charge on any atom is 0.303 e. The van der Waals surface area contributed by atoms with Crippen molar-refractivity contribution in [3.63, 3.8) is 0 Å². The normalized spacial score (nSPS) is 28.9. The minimum absolute atomic E-state index is 0.0117. The zero-order valence-corrected chi connectivity index (χ0v) is 19.8. The number of nitrogens with zero attached hydrogens (tertiary/aromatic N) is 1. The van der Waals surface area contributed by atoms with Gasteiger partial charge in [-0.25, -0.2) is 8.78 Å². The molecule has 184 valence electrons. The molecule has 1 fully saturated rings. The van der Waals surface area contributed by atoms with E-state index in [4.69, 9.17) is 5.11 Å². The number of aromatic nitrogens is 1. The van der Waals surface area contributed by atoms with Gasteiger partial charge in [0.05, 0.1) is 6.20 Å². The maximum atomic E-state index is 15.9. The largest absolute Gasteiger partial charge is 0.481 e. The average molecular weight is 481 g/mol. The van der Waals surface area contributed by atoms with Crippen LogP contribution in [0.1, 0.15) is 72.0 Å². The zero-order chi connectivity index (χ0) is 24.7. The minimum Gasteiger partial charge on any atom is -0.481 e. The van der Waals surface area contributed by atoms with Gasteiger partial charge < -0.3 is 10.4 Å². The van der Waals surface area contributed by atoms with Crippen molar-refractivity contribution in [2.75, 3.05) is 6.54 Å². The van der Waals surface area contributed by atoms with Crippen LogP contribution >= 0.6 is 0 Å². The summed E-state index contributed by atoms with van der Waals surface area (Å²) in [5.74, 6) is -1.24. The predicted octanol–water partition coefficient (Wildman–Crippen LogP) is 5.31. The first-order chi connectivity index (χ1) is 16.8. The van der Waals surface area contributed by atoms with Gasteiger partial charge in [-0.15, -0.1) is 0 Å². The molecule has 7 heteroatoms. The van der Waals surface area contributed by atoms with Gasteiger partial charge >= 0.3 is 5.97 Å². The van der Waals surface area contributed by atoms with Gasteiger partial charge in [-0.1, -0.05) is 19.1 Å². The molecule has 0 aliphatic heterocycles. The molecule has 1 saturated carbocycles. The molecule has 35 heavy (non-hydrogen) atoms. The lowest BCUT2D eigenvalue weighted by atomic mass is 9.53. The highest BCUT2D eigenvalue weighted by molar-refractivity contribution is 5.94. The van der Waals surface area contributed by atoms with E-state index in [2.05, 4.69) is 23.3 Å². The molecule has 5 nitrogen and oxygen atoms in total. The molecule has 1 amide bonds. The van der Waals surface area contributed by atoms with Gasteiger partial charge in [-0.2, -0.15) is 0 Å². The van der Waals surface area contributed by atoms with Crippen molar-refractivity contribution in [2.45, 2.75) is 57.5 Å². The van der Waals surface area contributed by atoms with Crippen LogP contribution in [0.4, 0.5) is 8.78 Å². The number of fused-ring (bicyclic) bond motifs is 5. The highest BCUT2D eigenvalue weighted by Gasteiger charge is 2.55. The number of carboxylic acid groups (broad SMARTS) is 1. The van der Waals surface area contributed by atoms with Crippen LogP contribution in [0.15, 0.2) is 42.7 Å². The van der Waals surface area contributed by atoms with E-state index < -0.39 is 12.1 Å². The van der Waals surface area contributed by atoms with Crippen LogP contribution in [0.2, 0.25) is 0 Å². The molecule has 0 unspecified atom stereocenters. The first-order valence-electron chi connectivity index (χ1n) is 12.4. The number of aryl methyl sites for hydroxylation is 1. The Balaban J connectivity index is 1.35. The number of amides is 1. The highest BCUT2D eigenvalue weighted by Crippen LogP contribution is 2.63. The standard InChI is InChI=1S/C28H30F2N2O3/c1-28-13-24(30)26-20-6-5-17(27(35)32-10-2-3-25(33)34)11-16(20)4-7-21(26)23(28)9-8-22(28)18-12-19(29)15-31-14-18/h5-6,8,11-12,14-15,21,23-24,26H,2-4,7,9-10,13H2,1H3,(H,32,35)(H,33,34)/t21-,23-,24-,26+,28+/m0/s1. The monoisotopic (exact) mass is 480 g/mol. The first kappa shape index (κ1) is 23.6. The smallest absolute Gasteiger partial charge is 0.303 e. The first-order valence-corrected chi connectivity index (χ1v) is 12.4. The molecule has 0 saturated heterocycles. The number of carbonyl (C=O) groups excluding carboxylic acids is 1. The zero-order valence-electron chi connectivity index (χ0n) is 19.8. The average Bonchev–Trinajstić information content (AvgIpc) is 3.17. The summed E-state index contributed by atoms with van der Waals surface area (Å²) in [4.78, 5) is 27.2. The Morgan fingerprint density at radius 2 is 2.09 bits per heavy atom. The molecule has 0 spiro atoms. The Morgan fingerprint density at radius 1 is 1.26 bits per heavy atom. The molecule has 3 aliphatic carbocycles. The molecule has 0 radical (unpaired) electrons. The lowest BCUT2D eigenvalue weighted by molar-refractivity contribution is -0.137. The number of aliphatic carboxylic acids is 1. The Kier molecular flexibility index (Phi) is 6.20. The third-order valence-corrected chi connectivity index (χ3v) is 8.38. The van der Waals surface area contributed by atoms with Gasteiger partial charge in [0.1, 0.15) is 12.0 Å². The Bertz CT molecular complexity index is 1200. The summed E-state index contributed by atoms with van der Waals surface area (Å²) >= 11 is 0. The van der Waals surface area contributed by atoms with Gasteiger partial charge in [-0.3, -0.25) is 14.6 Å². The lowest BCUT2D eigenvalue weighted by Gasteiger charge is -2.51. The van der Waals surface area contributed by atoms with Gasteiger partial charge in [0.2, 0.25) is 0 Å². The maximum absolute atomic E-state index is 15.9. The van der Waals surface area contributed by atoms with Crippen molar-refractivity contribution in [3.05, 3.63) is 70.8 Å². The second-order valence-electron chi connectivity index (χ2n) is 10.4. The number of rotatable bonds is 6. The van der Waals surface area contributed by atoms with Gasteiger partial charge in [-0.05, 0) is 89.8 Å². The van der Waals surface area contributed by atoms with Gasteiger partial charge in [0.25, 0.3) is 5.91 Å². The quantitative estimate of drug-likeness (QED) is 0.549. The summed E-state index contributed by atoms with van der Waals surface area (Å²) in [7, 11) is 0. The van der Waals surface area contributed by atoms with E-state index in [0.717, 1.165) is 41.5 Å². The molecule has 2 N–H and O–H groups in total. The summed E-state index contributed by atoms with van der Waals surface area (Å²) in [6, 6.07) is 7.03. The predicted molar refractivity (Wildman–Crippen MR) is 128 cm³/mol. The van der Waals surface area contributed by atoms with Crippen LogP contribution in [-0.4, -0.2) is 34.7 Å². The number of carbonyl (C=O) groups is 2. The third kappa shape index (κ3) is 4.26. The van der Waals surface area contributed by atoms with Crippen LogP contribution in [0.3, 0.4) is 0 Å². The number of nitrogens with one attached hydrogen (secondary N) is 1. The van der Waals surface area contributed by atoms with Crippen molar-refractivity contribution < 1.29 is 23.5 Å². The van der Waals surface area contributed by atoms with E-state index in [1.165, 1.54) is 12.3 Å². The molecule has 1 heterocycles. The number of hydrogen-bond donors (Lipinski definition) is 2. The SMILES string of the molecule is C[C@]12C[C@H](F)[C@@H]3c4ccc(C(=O)NCCCC(=O)O)cc4CC[C@H]3[C@@H]1CC=C2c1cncc(F)c1. The van der Waals surface area contributed by atoms with Crippen molar-refractivity contribution >= 4 is 17.4 Å². The van der Waals surface area contributed by atoms with E-state index in [9.17, 15) is 14.0 Å². The minimum atomic E-state index is -1.03. The van der Waals surface area contributed by atoms with Crippen LogP contribution in [0.25, 0.3) is 5.57 Å². The van der Waals surface area contributed by atoms with Crippen molar-refractivity contribution in [2.24, 2.45) is 17.3 Å². The van der Waals surface area contributed by atoms with Crippen LogP contribution in [-0.2, 0) is 11.2 Å². The summed E-state index contributed by atoms with van der Waals surface area (Å²) in [6.45, 7) is 2.42. The number of carboxylic acids is 1. The molecule has 1 aromatic carbocycles. The fourth-order valence-electron chi connectivity index (χ4n) is 6.86. The molecule has 5 atom stereocenters. The summed E-state index contributed by atoms with van der Waals surface area (Å²) in [5, 5.41) is 11.5. The lowest BCUT2D eigenvalue weighted by Crippen LogP contribution is -2.46. The Hall–Kier alpha value is -3.09. The molecular formula is C28H30F2N2O3. The van der Waals surface area contributed by atoms with Crippen molar-refractivity contribution in [1.29, 1.82) is 0 Å². The summed E-state index contributed by atoms with van der Waals surface area (Å²) < 4.78 is 29.8. The number of pyridine rings is 1. The second-order valence-corrected chi connectivity index (χ2v) is 10.4. The fourth-order valence-corrected chi connectivity index (χ4v) is 6.86. The van der Waals surface area contributed by atoms with E-state index in [0.29, 0.717) is 24.9 Å². The molecule has 0 bridgehead atoms. The van der Waals surface area contributed by atoms with Crippen molar-refractivity contribution in [1.82, 2.24) is 10.3 Å². The summed E-state index contributed by atoms with van der Waals surface area (Å²) in [6.07, 6.45) is 7.25. The number of benzene rings is 1. The topological polar surface area (TPSA) is 79.3 Å². The number of allylic oxidation sites excluding steroid dienone is 2. The highest BCUT2D eigenvalue weighted by atomic mass is 19.1. The number of alkyl halides is 1. The molecule has 3 aliphatic rings. The van der Waals surface area contributed by atoms with Crippen LogP contribution in [0.5, 0.6) is 0 Å². The Morgan fingerprint density at radius 3 is 2.86 bits per heavy atom. The van der Waals surface area contributed by atoms with Gasteiger partial charge in [0, 0.05) is 30.6 Å². The fraction of sp³-hybridized carbons (Fsp3) is 0.464. The van der Waals surface area contributed by atoms with E-state index in [1.54, 1.807) is 12.3 Å². The van der Waals surface area contributed by atoms with E-state index in [1.807, 2.05) is 12.1 Å². The van der Waals surface area contributed by atoms with Crippen LogP contribution < -0.4 is 5.32 Å². The number of halogens is 2. The van der Waals surface area contributed by atoms with E-state index >= 15 is 4.39 Å². The second kappa shape index (κ2) is 9.17.